The molecule has 2 amide bonds. The molecule has 0 N–H and O–H groups in total. The maximum Gasteiger partial charge on any atom is 0.248 e. The van der Waals surface area contributed by atoms with E-state index in [9.17, 15) is 9.59 Å². The molecule has 3 heterocycles. The van der Waals surface area contributed by atoms with Crippen molar-refractivity contribution in [1.29, 1.82) is 0 Å². The zero-order valence-corrected chi connectivity index (χ0v) is 14.1. The van der Waals surface area contributed by atoms with Crippen molar-refractivity contribution in [3.63, 3.8) is 0 Å². The molecule has 4 rings (SSSR count). The number of hydrogen-bond donors (Lipinski definition) is 0. The van der Waals surface area contributed by atoms with E-state index in [1.54, 1.807) is 54.5 Å². The van der Waals surface area contributed by atoms with E-state index in [2.05, 4.69) is 0 Å². The summed E-state index contributed by atoms with van der Waals surface area (Å²) in [6.07, 6.45) is 0. The molecule has 1 spiro atoms. The lowest BCUT2D eigenvalue weighted by atomic mass is 9.89. The third-order valence-corrected chi connectivity index (χ3v) is 8.42. The van der Waals surface area contributed by atoms with Crippen molar-refractivity contribution in [2.24, 2.45) is 0 Å². The molecular formula is C15H16N2O3S2. The van der Waals surface area contributed by atoms with Crippen molar-refractivity contribution in [2.75, 3.05) is 21.2 Å². The molecule has 0 aliphatic carbocycles. The summed E-state index contributed by atoms with van der Waals surface area (Å²) < 4.78 is 4.75. The molecular weight excluding hydrogens is 320 g/mol. The molecule has 4 unspecified atom stereocenters. The number of carbonyl (C=O) groups is 2. The highest BCUT2D eigenvalue weighted by Crippen LogP contribution is 2.68. The second-order valence-corrected chi connectivity index (χ2v) is 8.64. The molecule has 0 aromatic heterocycles. The molecule has 3 saturated heterocycles. The van der Waals surface area contributed by atoms with Gasteiger partial charge in [-0.1, -0.05) is 12.1 Å². The molecule has 22 heavy (non-hydrogen) atoms. The number of likely N-dealkylation sites (N-methyl/N-ethyl adjacent to an activating group) is 2. The Labute approximate surface area is 137 Å². The van der Waals surface area contributed by atoms with E-state index < -0.39 is 4.75 Å². The van der Waals surface area contributed by atoms with Crippen molar-refractivity contribution in [2.45, 2.75) is 20.7 Å². The largest absolute Gasteiger partial charge is 0.497 e. The maximum atomic E-state index is 12.5. The molecule has 3 aliphatic rings. The third-order valence-electron chi connectivity index (χ3n) is 4.69. The Morgan fingerprint density at radius 2 is 1.82 bits per heavy atom. The van der Waals surface area contributed by atoms with Gasteiger partial charge in [-0.15, -0.1) is 23.5 Å². The Bertz CT molecular complexity index is 665. The van der Waals surface area contributed by atoms with Gasteiger partial charge in [0.25, 0.3) is 0 Å². The second kappa shape index (κ2) is 4.58. The summed E-state index contributed by atoms with van der Waals surface area (Å²) in [4.78, 5) is 28.2. The predicted molar refractivity (Wildman–Crippen MR) is 86.8 cm³/mol. The minimum absolute atomic E-state index is 0.0558. The monoisotopic (exact) mass is 336 g/mol. The van der Waals surface area contributed by atoms with Crippen LogP contribution in [0.5, 0.6) is 5.75 Å². The van der Waals surface area contributed by atoms with E-state index in [1.807, 2.05) is 24.3 Å². The van der Waals surface area contributed by atoms with Crippen LogP contribution in [0.2, 0.25) is 0 Å². The van der Waals surface area contributed by atoms with Gasteiger partial charge in [0, 0.05) is 14.1 Å². The Kier molecular flexibility index (Phi) is 2.97. The average molecular weight is 336 g/mol. The molecule has 3 fully saturated rings. The van der Waals surface area contributed by atoms with Crippen molar-refractivity contribution < 1.29 is 14.3 Å². The Hall–Kier alpha value is -1.34. The topological polar surface area (TPSA) is 49.9 Å². The van der Waals surface area contributed by atoms with Gasteiger partial charge in [0.15, 0.2) is 4.75 Å². The van der Waals surface area contributed by atoms with Crippen LogP contribution in [0.25, 0.3) is 0 Å². The van der Waals surface area contributed by atoms with Crippen LogP contribution in [0.1, 0.15) is 10.1 Å². The Morgan fingerprint density at radius 3 is 2.45 bits per heavy atom. The summed E-state index contributed by atoms with van der Waals surface area (Å²) in [5.74, 6) is 0.953. The van der Waals surface area contributed by atoms with Crippen molar-refractivity contribution in [1.82, 2.24) is 9.80 Å². The number of ether oxygens (including phenoxy) is 1. The van der Waals surface area contributed by atoms with E-state index in [0.29, 0.717) is 0 Å². The molecule has 0 saturated carbocycles. The highest BCUT2D eigenvalue weighted by atomic mass is 32.2. The molecule has 7 heteroatoms. The van der Waals surface area contributed by atoms with Crippen molar-refractivity contribution in [3.8, 4) is 5.75 Å². The number of benzene rings is 1. The fourth-order valence-electron chi connectivity index (χ4n) is 3.51. The molecule has 3 aliphatic heterocycles. The zero-order chi connectivity index (χ0) is 15.6. The van der Waals surface area contributed by atoms with Crippen LogP contribution in [0.3, 0.4) is 0 Å². The summed E-state index contributed by atoms with van der Waals surface area (Å²) >= 11 is 3.33. The van der Waals surface area contributed by atoms with Gasteiger partial charge in [-0.05, 0) is 17.7 Å². The van der Waals surface area contributed by atoms with Gasteiger partial charge in [0.1, 0.15) is 17.2 Å². The lowest BCUT2D eigenvalue weighted by Crippen LogP contribution is -2.71. The SMILES string of the molecule is COc1ccc(C2SC3N(C)C(=O)C4N(C)C(=O)C34S2)cc1. The highest BCUT2D eigenvalue weighted by molar-refractivity contribution is 8.21. The quantitative estimate of drug-likeness (QED) is 0.767. The molecule has 5 nitrogen and oxygen atoms in total. The fourth-order valence-corrected chi connectivity index (χ4v) is 7.68. The van der Waals surface area contributed by atoms with E-state index in [4.69, 9.17) is 4.74 Å². The molecule has 0 radical (unpaired) electrons. The molecule has 1 aromatic carbocycles. The van der Waals surface area contributed by atoms with Crippen LogP contribution in [-0.2, 0) is 9.59 Å². The molecule has 1 aromatic rings. The average Bonchev–Trinajstić information content (AvgIpc) is 3.03. The summed E-state index contributed by atoms with van der Waals surface area (Å²) in [6, 6.07) is 7.62. The minimum Gasteiger partial charge on any atom is -0.497 e. The smallest absolute Gasteiger partial charge is 0.248 e. The van der Waals surface area contributed by atoms with Crippen molar-refractivity contribution in [3.05, 3.63) is 29.8 Å². The Morgan fingerprint density at radius 1 is 1.14 bits per heavy atom. The summed E-state index contributed by atoms with van der Waals surface area (Å²) in [7, 11) is 5.17. The van der Waals surface area contributed by atoms with Gasteiger partial charge in [-0.3, -0.25) is 9.59 Å². The number of thioether (sulfide) groups is 2. The maximum absolute atomic E-state index is 12.5. The normalized spacial score (nSPS) is 36.2. The van der Waals surface area contributed by atoms with Gasteiger partial charge >= 0.3 is 0 Å². The molecule has 0 bridgehead atoms. The number of likely N-dealkylation sites (tertiary alicyclic amines) is 2. The lowest BCUT2D eigenvalue weighted by molar-refractivity contribution is -0.152. The number of hydrogen-bond acceptors (Lipinski definition) is 5. The van der Waals surface area contributed by atoms with Gasteiger partial charge < -0.3 is 14.5 Å². The Balaban J connectivity index is 1.66. The van der Waals surface area contributed by atoms with E-state index in [-0.39, 0.29) is 27.8 Å². The third kappa shape index (κ3) is 1.53. The van der Waals surface area contributed by atoms with Crippen LogP contribution in [-0.4, -0.2) is 59.0 Å². The van der Waals surface area contributed by atoms with Gasteiger partial charge in [-0.2, -0.15) is 0 Å². The number of methoxy groups -OCH3 is 1. The first-order chi connectivity index (χ1) is 10.5. The van der Waals surface area contributed by atoms with Crippen LogP contribution in [0, 0.1) is 0 Å². The van der Waals surface area contributed by atoms with Crippen molar-refractivity contribution >= 4 is 35.3 Å². The van der Waals surface area contributed by atoms with Crippen LogP contribution in [0.15, 0.2) is 24.3 Å². The number of rotatable bonds is 2. The predicted octanol–water partition coefficient (Wildman–Crippen LogP) is 1.55. The van der Waals surface area contributed by atoms with E-state index in [1.165, 1.54) is 0 Å². The van der Waals surface area contributed by atoms with Crippen LogP contribution >= 0.6 is 23.5 Å². The second-order valence-electron chi connectivity index (χ2n) is 5.77. The fraction of sp³-hybridized carbons (Fsp3) is 0.467. The molecule has 4 atom stereocenters. The summed E-state index contributed by atoms with van der Waals surface area (Å²) in [6.45, 7) is 0. The first-order valence-electron chi connectivity index (χ1n) is 7.02. The van der Waals surface area contributed by atoms with Crippen LogP contribution < -0.4 is 4.74 Å². The highest BCUT2D eigenvalue weighted by Gasteiger charge is 2.76. The van der Waals surface area contributed by atoms with Gasteiger partial charge in [-0.25, -0.2) is 0 Å². The van der Waals surface area contributed by atoms with Gasteiger partial charge in [0.05, 0.1) is 11.7 Å². The summed E-state index contributed by atoms with van der Waals surface area (Å²) in [5, 5.41) is -0.0780. The first kappa shape index (κ1) is 14.3. The number of carbonyl (C=O) groups excluding carboxylic acids is 2. The standard InChI is InChI=1S/C15H16N2O3S2/c1-16-10-11(18)17(2)14-15(10,13(16)19)22-12(21-14)8-4-6-9(20-3)7-5-8/h4-7,10,12,14H,1-3H3. The van der Waals surface area contributed by atoms with E-state index >= 15 is 0 Å². The van der Waals surface area contributed by atoms with Gasteiger partial charge in [0.2, 0.25) is 11.8 Å². The number of amides is 2. The molecule has 116 valence electrons. The number of β-lactam (4-membered cyclic amide) rings is 1. The lowest BCUT2D eigenvalue weighted by Gasteiger charge is -2.47. The zero-order valence-electron chi connectivity index (χ0n) is 12.5. The minimum atomic E-state index is -0.601. The van der Waals surface area contributed by atoms with Crippen LogP contribution in [0.4, 0.5) is 0 Å². The summed E-state index contributed by atoms with van der Waals surface area (Å²) in [5.41, 5.74) is 1.15. The number of nitrogens with zero attached hydrogens (tertiary/aromatic N) is 2. The van der Waals surface area contributed by atoms with E-state index in [0.717, 1.165) is 11.3 Å². The first-order valence-corrected chi connectivity index (χ1v) is 8.84.